The van der Waals surface area contributed by atoms with Gasteiger partial charge in [-0.2, -0.15) is 0 Å². The second-order valence-corrected chi connectivity index (χ2v) is 7.46. The fourth-order valence-electron chi connectivity index (χ4n) is 3.24. The first kappa shape index (κ1) is 22.6. The Kier molecular flexibility index (Phi) is 8.37. The lowest BCUT2D eigenvalue weighted by Crippen LogP contribution is -2.51. The lowest BCUT2D eigenvalue weighted by Gasteiger charge is -2.32. The van der Waals surface area contributed by atoms with Crippen molar-refractivity contribution < 1.29 is 14.0 Å². The zero-order valence-electron chi connectivity index (χ0n) is 17.7. The molecule has 2 aromatic carbocycles. The van der Waals surface area contributed by atoms with Crippen molar-refractivity contribution >= 4 is 11.8 Å². The fraction of sp³-hybridized carbons (Fsp3) is 0.417. The summed E-state index contributed by atoms with van der Waals surface area (Å²) in [6.45, 7) is 8.13. The van der Waals surface area contributed by atoms with E-state index in [0.29, 0.717) is 18.5 Å². The summed E-state index contributed by atoms with van der Waals surface area (Å²) in [6, 6.07) is 13.5. The van der Waals surface area contributed by atoms with Gasteiger partial charge >= 0.3 is 0 Å². The van der Waals surface area contributed by atoms with E-state index in [1.807, 2.05) is 52.0 Å². The van der Waals surface area contributed by atoms with Crippen LogP contribution in [0.5, 0.6) is 0 Å². The first-order chi connectivity index (χ1) is 13.9. The number of carbonyl (C=O) groups is 2. The molecule has 1 N–H and O–H groups in total. The molecule has 2 amide bonds. The van der Waals surface area contributed by atoms with Crippen LogP contribution in [0.15, 0.2) is 48.5 Å². The van der Waals surface area contributed by atoms with E-state index in [1.165, 1.54) is 6.07 Å². The Morgan fingerprint density at radius 3 is 2.21 bits per heavy atom. The van der Waals surface area contributed by atoms with Crippen LogP contribution in [0.4, 0.5) is 4.39 Å². The largest absolute Gasteiger partial charge is 0.352 e. The fourth-order valence-corrected chi connectivity index (χ4v) is 3.24. The van der Waals surface area contributed by atoms with Crippen LogP contribution < -0.4 is 5.32 Å². The summed E-state index contributed by atoms with van der Waals surface area (Å²) >= 11 is 0. The van der Waals surface area contributed by atoms with Gasteiger partial charge < -0.3 is 10.2 Å². The Morgan fingerprint density at radius 2 is 1.62 bits per heavy atom. The van der Waals surface area contributed by atoms with Crippen molar-refractivity contribution in [2.24, 2.45) is 0 Å². The number of halogens is 1. The SMILES string of the molecule is CC[C@H](C)NC(=O)[C@H](CC)N(Cc1ccccc1C)C(=O)Cc1ccccc1F. The molecule has 0 aromatic heterocycles. The molecule has 0 radical (unpaired) electrons. The van der Waals surface area contributed by atoms with Gasteiger partial charge in [-0.3, -0.25) is 9.59 Å². The third-order valence-corrected chi connectivity index (χ3v) is 5.29. The molecule has 4 nitrogen and oxygen atoms in total. The van der Waals surface area contributed by atoms with E-state index in [-0.39, 0.29) is 24.3 Å². The van der Waals surface area contributed by atoms with Crippen LogP contribution in [0.3, 0.4) is 0 Å². The van der Waals surface area contributed by atoms with Gasteiger partial charge in [0.25, 0.3) is 0 Å². The zero-order valence-corrected chi connectivity index (χ0v) is 17.7. The minimum atomic E-state index is -0.608. The maximum Gasteiger partial charge on any atom is 0.243 e. The molecular weight excluding hydrogens is 367 g/mol. The zero-order chi connectivity index (χ0) is 21.4. The van der Waals surface area contributed by atoms with Gasteiger partial charge in [0.1, 0.15) is 11.9 Å². The van der Waals surface area contributed by atoms with Gasteiger partial charge in [0.2, 0.25) is 11.8 Å². The molecule has 2 atom stereocenters. The lowest BCUT2D eigenvalue weighted by molar-refractivity contribution is -0.141. The molecule has 0 saturated heterocycles. The third-order valence-electron chi connectivity index (χ3n) is 5.29. The summed E-state index contributed by atoms with van der Waals surface area (Å²) in [5, 5.41) is 2.98. The van der Waals surface area contributed by atoms with E-state index >= 15 is 0 Å². The van der Waals surface area contributed by atoms with E-state index in [0.717, 1.165) is 17.5 Å². The molecule has 0 saturated carbocycles. The first-order valence-electron chi connectivity index (χ1n) is 10.2. The standard InChI is InChI=1S/C24H31FN2O2/c1-5-18(4)26-24(29)22(6-2)27(16-20-13-8-7-11-17(20)3)23(28)15-19-12-9-10-14-21(19)25/h7-14,18,22H,5-6,15-16H2,1-4H3,(H,26,29)/t18-,22-/m0/s1. The van der Waals surface area contributed by atoms with Crippen molar-refractivity contribution in [3.8, 4) is 0 Å². The number of benzene rings is 2. The number of nitrogens with zero attached hydrogens (tertiary/aromatic N) is 1. The van der Waals surface area contributed by atoms with Crippen LogP contribution in [-0.4, -0.2) is 28.8 Å². The molecule has 0 fully saturated rings. The molecule has 5 heteroatoms. The summed E-state index contributed by atoms with van der Waals surface area (Å²) in [7, 11) is 0. The number of nitrogens with one attached hydrogen (secondary N) is 1. The Hall–Kier alpha value is -2.69. The second kappa shape index (κ2) is 10.7. The molecule has 0 bridgehead atoms. The van der Waals surface area contributed by atoms with Crippen LogP contribution >= 0.6 is 0 Å². The van der Waals surface area contributed by atoms with Gasteiger partial charge in [-0.05, 0) is 49.4 Å². The number of amides is 2. The van der Waals surface area contributed by atoms with Crippen LogP contribution in [0.25, 0.3) is 0 Å². The average Bonchev–Trinajstić information content (AvgIpc) is 2.70. The monoisotopic (exact) mass is 398 g/mol. The van der Waals surface area contributed by atoms with Gasteiger partial charge in [0.05, 0.1) is 6.42 Å². The van der Waals surface area contributed by atoms with Crippen molar-refractivity contribution in [1.29, 1.82) is 0 Å². The van der Waals surface area contributed by atoms with Crippen molar-refractivity contribution in [2.75, 3.05) is 0 Å². The molecule has 29 heavy (non-hydrogen) atoms. The summed E-state index contributed by atoms with van der Waals surface area (Å²) < 4.78 is 14.1. The molecule has 0 heterocycles. The summed E-state index contributed by atoms with van der Waals surface area (Å²) in [5.74, 6) is -0.837. The van der Waals surface area contributed by atoms with Crippen molar-refractivity contribution in [3.63, 3.8) is 0 Å². The Bertz CT molecular complexity index is 837. The molecule has 156 valence electrons. The molecule has 0 spiro atoms. The summed E-state index contributed by atoms with van der Waals surface area (Å²) in [5.41, 5.74) is 2.36. The Balaban J connectivity index is 2.33. The van der Waals surface area contributed by atoms with Crippen LogP contribution in [-0.2, 0) is 22.6 Å². The number of aryl methyl sites for hydroxylation is 1. The molecule has 2 rings (SSSR count). The highest BCUT2D eigenvalue weighted by Gasteiger charge is 2.29. The van der Waals surface area contributed by atoms with E-state index in [9.17, 15) is 14.0 Å². The van der Waals surface area contributed by atoms with Gasteiger partial charge in [-0.15, -0.1) is 0 Å². The molecule has 2 aromatic rings. The highest BCUT2D eigenvalue weighted by atomic mass is 19.1. The smallest absolute Gasteiger partial charge is 0.243 e. The van der Waals surface area contributed by atoms with E-state index in [2.05, 4.69) is 5.32 Å². The van der Waals surface area contributed by atoms with Crippen molar-refractivity contribution in [1.82, 2.24) is 10.2 Å². The van der Waals surface area contributed by atoms with Gasteiger partial charge in [-0.1, -0.05) is 56.3 Å². The van der Waals surface area contributed by atoms with Crippen LogP contribution in [0.2, 0.25) is 0 Å². The molecule has 0 aliphatic rings. The molecule has 0 aliphatic heterocycles. The minimum absolute atomic E-state index is 0.0264. The normalized spacial score (nSPS) is 12.9. The highest BCUT2D eigenvalue weighted by Crippen LogP contribution is 2.18. The van der Waals surface area contributed by atoms with Crippen molar-refractivity contribution in [2.45, 2.75) is 65.6 Å². The second-order valence-electron chi connectivity index (χ2n) is 7.46. The third kappa shape index (κ3) is 6.14. The van der Waals surface area contributed by atoms with E-state index < -0.39 is 11.9 Å². The van der Waals surface area contributed by atoms with Crippen LogP contribution in [0.1, 0.15) is 50.3 Å². The Morgan fingerprint density at radius 1 is 1.00 bits per heavy atom. The quantitative estimate of drug-likeness (QED) is 0.681. The topological polar surface area (TPSA) is 49.4 Å². The maximum absolute atomic E-state index is 14.1. The van der Waals surface area contributed by atoms with E-state index in [4.69, 9.17) is 0 Å². The van der Waals surface area contributed by atoms with Crippen LogP contribution in [0, 0.1) is 12.7 Å². The maximum atomic E-state index is 14.1. The summed E-state index contributed by atoms with van der Waals surface area (Å²) in [4.78, 5) is 27.7. The number of hydrogen-bond donors (Lipinski definition) is 1. The predicted octanol–water partition coefficient (Wildman–Crippen LogP) is 4.40. The highest BCUT2D eigenvalue weighted by molar-refractivity contribution is 5.88. The molecule has 0 aliphatic carbocycles. The van der Waals surface area contributed by atoms with Gasteiger partial charge in [-0.25, -0.2) is 4.39 Å². The van der Waals surface area contributed by atoms with E-state index in [1.54, 1.807) is 23.1 Å². The molecular formula is C24H31FN2O2. The number of carbonyl (C=O) groups excluding carboxylic acids is 2. The minimum Gasteiger partial charge on any atom is -0.352 e. The van der Waals surface area contributed by atoms with Gasteiger partial charge in [0.15, 0.2) is 0 Å². The average molecular weight is 399 g/mol. The number of rotatable bonds is 9. The molecule has 0 unspecified atom stereocenters. The predicted molar refractivity (Wildman–Crippen MR) is 114 cm³/mol. The van der Waals surface area contributed by atoms with Crippen molar-refractivity contribution in [3.05, 3.63) is 71.0 Å². The Labute approximate surface area is 173 Å². The van der Waals surface area contributed by atoms with Gasteiger partial charge in [0, 0.05) is 12.6 Å². The summed E-state index contributed by atoms with van der Waals surface area (Å²) in [6.07, 6.45) is 1.21. The number of hydrogen-bond acceptors (Lipinski definition) is 2. The first-order valence-corrected chi connectivity index (χ1v) is 10.2. The lowest BCUT2D eigenvalue weighted by atomic mass is 10.0.